The number of esters is 2. The Balaban J connectivity index is 2.71. The normalized spacial score (nSPS) is 11.9. The van der Waals surface area contributed by atoms with Crippen LogP contribution >= 0.6 is 0 Å². The summed E-state index contributed by atoms with van der Waals surface area (Å²) in [6, 6.07) is 5.46. The number of ether oxygens (including phenoxy) is 2. The van der Waals surface area contributed by atoms with Crippen molar-refractivity contribution in [3.8, 4) is 0 Å². The van der Waals surface area contributed by atoms with E-state index in [1.165, 1.54) is 51.4 Å². The van der Waals surface area contributed by atoms with Crippen LogP contribution in [0.1, 0.15) is 143 Å². The van der Waals surface area contributed by atoms with Crippen molar-refractivity contribution in [1.82, 2.24) is 0 Å². The predicted octanol–water partition coefficient (Wildman–Crippen LogP) is 8.23. The number of carbonyl (C=O) groups excluding carboxylic acids is 2. The molecule has 4 nitrogen and oxygen atoms in total. The third-order valence-corrected chi connectivity index (χ3v) is 6.13. The Morgan fingerprint density at radius 2 is 1.22 bits per heavy atom. The molecule has 0 aliphatic rings. The van der Waals surface area contributed by atoms with E-state index in [0.29, 0.717) is 24.3 Å². The van der Waals surface area contributed by atoms with Gasteiger partial charge in [-0.05, 0) is 36.8 Å². The van der Waals surface area contributed by atoms with Gasteiger partial charge in [0.2, 0.25) is 0 Å². The molecule has 0 aliphatic carbocycles. The van der Waals surface area contributed by atoms with Crippen LogP contribution in [0, 0.1) is 0 Å². The molecule has 0 saturated heterocycles. The molecule has 0 N–H and O–H groups in total. The minimum absolute atomic E-state index is 0.165. The highest BCUT2D eigenvalue weighted by molar-refractivity contribution is 6.04. The molecule has 0 amide bonds. The van der Waals surface area contributed by atoms with E-state index < -0.39 is 11.9 Å². The molecular formula is C28H46O4. The minimum Gasteiger partial charge on any atom is -0.462 e. The van der Waals surface area contributed by atoms with E-state index >= 15 is 0 Å². The summed E-state index contributed by atoms with van der Waals surface area (Å²) in [6.07, 6.45) is 14.5. The molecule has 0 fully saturated rings. The summed E-state index contributed by atoms with van der Waals surface area (Å²) in [4.78, 5) is 25.8. The van der Waals surface area contributed by atoms with Gasteiger partial charge in [-0.3, -0.25) is 0 Å². The van der Waals surface area contributed by atoms with Crippen molar-refractivity contribution in [2.75, 3.05) is 13.2 Å². The molecule has 1 aromatic rings. The molecule has 0 aromatic heterocycles. The first-order valence-electron chi connectivity index (χ1n) is 13.0. The minimum atomic E-state index is -0.421. The Morgan fingerprint density at radius 1 is 0.719 bits per heavy atom. The molecule has 182 valence electrons. The largest absolute Gasteiger partial charge is 0.462 e. The molecule has 0 saturated carbocycles. The second kappa shape index (κ2) is 17.7. The molecule has 1 atom stereocenters. The Kier molecular flexibility index (Phi) is 15.6. The van der Waals surface area contributed by atoms with Crippen LogP contribution in [0.2, 0.25) is 0 Å². The Labute approximate surface area is 196 Å². The maximum Gasteiger partial charge on any atom is 0.339 e. The summed E-state index contributed by atoms with van der Waals surface area (Å²) in [5.41, 5.74) is 1.59. The second-order valence-electron chi connectivity index (χ2n) is 8.89. The average molecular weight is 447 g/mol. The molecule has 0 bridgehead atoms. The zero-order chi connectivity index (χ0) is 23.6. The Bertz CT molecular complexity index is 653. The average Bonchev–Trinajstić information content (AvgIpc) is 2.81. The van der Waals surface area contributed by atoms with E-state index in [4.69, 9.17) is 9.47 Å². The van der Waals surface area contributed by atoms with Crippen LogP contribution in [0.25, 0.3) is 0 Å². The van der Waals surface area contributed by atoms with Gasteiger partial charge in [0.05, 0.1) is 24.3 Å². The van der Waals surface area contributed by atoms with E-state index in [-0.39, 0.29) is 5.92 Å². The smallest absolute Gasteiger partial charge is 0.339 e. The summed E-state index contributed by atoms with van der Waals surface area (Å²) in [6.45, 7) is 9.35. The first-order valence-corrected chi connectivity index (χ1v) is 13.0. The quantitative estimate of drug-likeness (QED) is 0.168. The van der Waals surface area contributed by atoms with Gasteiger partial charge >= 0.3 is 11.9 Å². The van der Waals surface area contributed by atoms with Crippen molar-refractivity contribution in [1.29, 1.82) is 0 Å². The molecule has 1 rings (SSSR count). The summed E-state index contributed by atoms with van der Waals surface area (Å²) >= 11 is 0. The monoisotopic (exact) mass is 446 g/mol. The summed E-state index contributed by atoms with van der Waals surface area (Å²) in [5.74, 6) is -0.658. The van der Waals surface area contributed by atoms with Crippen molar-refractivity contribution in [3.05, 3.63) is 34.9 Å². The van der Waals surface area contributed by atoms with E-state index in [0.717, 1.165) is 37.7 Å². The standard InChI is InChI=1S/C28H46O4/c1-5-8-10-12-14-16-21-31-27(29)25-20-18-19-24(23(4)7-3)26(25)28(30)32-22-17-15-13-11-9-6-2/h18-20,23H,5-17,21-22H2,1-4H3. The fourth-order valence-electron chi connectivity index (χ4n) is 3.84. The zero-order valence-corrected chi connectivity index (χ0v) is 21.0. The molecule has 1 aromatic carbocycles. The van der Waals surface area contributed by atoms with Crippen LogP contribution in [0.3, 0.4) is 0 Å². The van der Waals surface area contributed by atoms with Gasteiger partial charge in [0, 0.05) is 0 Å². The van der Waals surface area contributed by atoms with Crippen LogP contribution in [0.4, 0.5) is 0 Å². The maximum absolute atomic E-state index is 13.0. The van der Waals surface area contributed by atoms with Gasteiger partial charge in [-0.2, -0.15) is 0 Å². The van der Waals surface area contributed by atoms with E-state index in [1.807, 2.05) is 12.1 Å². The number of carbonyl (C=O) groups is 2. The number of hydrogen-bond donors (Lipinski definition) is 0. The van der Waals surface area contributed by atoms with E-state index in [9.17, 15) is 9.59 Å². The van der Waals surface area contributed by atoms with Gasteiger partial charge < -0.3 is 9.47 Å². The molecule has 1 unspecified atom stereocenters. The third kappa shape index (κ3) is 10.7. The van der Waals surface area contributed by atoms with Gasteiger partial charge in [0.1, 0.15) is 0 Å². The van der Waals surface area contributed by atoms with Gasteiger partial charge in [-0.15, -0.1) is 0 Å². The molecule has 32 heavy (non-hydrogen) atoms. The van der Waals surface area contributed by atoms with Crippen molar-refractivity contribution in [2.24, 2.45) is 0 Å². The Hall–Kier alpha value is -1.84. The predicted molar refractivity (Wildman–Crippen MR) is 132 cm³/mol. The summed E-state index contributed by atoms with van der Waals surface area (Å²) in [7, 11) is 0. The number of rotatable bonds is 18. The molecule has 4 heteroatoms. The maximum atomic E-state index is 13.0. The van der Waals surface area contributed by atoms with E-state index in [1.54, 1.807) is 6.07 Å². The van der Waals surface area contributed by atoms with Gasteiger partial charge in [0.15, 0.2) is 0 Å². The lowest BCUT2D eigenvalue weighted by Gasteiger charge is -2.17. The zero-order valence-electron chi connectivity index (χ0n) is 21.0. The highest BCUT2D eigenvalue weighted by atomic mass is 16.5. The highest BCUT2D eigenvalue weighted by Gasteiger charge is 2.25. The number of benzene rings is 1. The van der Waals surface area contributed by atoms with Crippen molar-refractivity contribution in [3.63, 3.8) is 0 Å². The Morgan fingerprint density at radius 3 is 1.75 bits per heavy atom. The van der Waals surface area contributed by atoms with Crippen molar-refractivity contribution in [2.45, 2.75) is 117 Å². The van der Waals surface area contributed by atoms with Crippen molar-refractivity contribution >= 4 is 11.9 Å². The molecule has 0 aliphatic heterocycles. The van der Waals surface area contributed by atoms with Crippen LogP contribution < -0.4 is 0 Å². The fourth-order valence-corrected chi connectivity index (χ4v) is 3.84. The molecular weight excluding hydrogens is 400 g/mol. The van der Waals surface area contributed by atoms with Crippen LogP contribution in [0.15, 0.2) is 18.2 Å². The van der Waals surface area contributed by atoms with Crippen LogP contribution in [0.5, 0.6) is 0 Å². The first kappa shape index (κ1) is 28.2. The van der Waals surface area contributed by atoms with Gasteiger partial charge in [0.25, 0.3) is 0 Å². The molecule has 0 radical (unpaired) electrons. The van der Waals surface area contributed by atoms with Gasteiger partial charge in [-0.25, -0.2) is 9.59 Å². The lowest BCUT2D eigenvalue weighted by molar-refractivity contribution is 0.0449. The molecule has 0 heterocycles. The highest BCUT2D eigenvalue weighted by Crippen LogP contribution is 2.27. The van der Waals surface area contributed by atoms with Crippen molar-refractivity contribution < 1.29 is 19.1 Å². The lowest BCUT2D eigenvalue weighted by Crippen LogP contribution is -2.18. The number of unbranched alkanes of at least 4 members (excludes halogenated alkanes) is 10. The second-order valence-corrected chi connectivity index (χ2v) is 8.89. The van der Waals surface area contributed by atoms with Crippen LogP contribution in [-0.4, -0.2) is 25.2 Å². The fraction of sp³-hybridized carbons (Fsp3) is 0.714. The van der Waals surface area contributed by atoms with E-state index in [2.05, 4.69) is 27.7 Å². The summed E-state index contributed by atoms with van der Waals surface area (Å²) < 4.78 is 11.1. The SMILES string of the molecule is CCCCCCCCOC(=O)c1cccc(C(C)CC)c1C(=O)OCCCCCCCC. The lowest BCUT2D eigenvalue weighted by atomic mass is 9.90. The van der Waals surface area contributed by atoms with Gasteiger partial charge in [-0.1, -0.05) is 104 Å². The summed E-state index contributed by atoms with van der Waals surface area (Å²) in [5, 5.41) is 0. The number of hydrogen-bond acceptors (Lipinski definition) is 4. The topological polar surface area (TPSA) is 52.6 Å². The molecule has 0 spiro atoms. The van der Waals surface area contributed by atoms with Crippen LogP contribution in [-0.2, 0) is 9.47 Å². The first-order chi connectivity index (χ1) is 15.6. The third-order valence-electron chi connectivity index (χ3n) is 6.13.